The number of allylic oxidation sites excluding steroid dienone is 1. The van der Waals surface area contributed by atoms with Crippen LogP contribution in [0.3, 0.4) is 0 Å². The number of nitriles is 1. The molecule has 2 aromatic rings. The third-order valence-electron chi connectivity index (χ3n) is 6.04. The fourth-order valence-electron chi connectivity index (χ4n) is 4.21. The molecule has 0 fully saturated rings. The van der Waals surface area contributed by atoms with Crippen LogP contribution in [0.25, 0.3) is 11.6 Å². The second-order valence-electron chi connectivity index (χ2n) is 8.07. The molecule has 166 valence electrons. The lowest BCUT2D eigenvalue weighted by Crippen LogP contribution is -2.28. The van der Waals surface area contributed by atoms with Gasteiger partial charge >= 0.3 is 0 Å². The molecule has 0 spiro atoms. The molecule has 0 bridgehead atoms. The summed E-state index contributed by atoms with van der Waals surface area (Å²) in [5, 5.41) is 15.4. The first-order chi connectivity index (χ1) is 16.1. The summed E-state index contributed by atoms with van der Waals surface area (Å²) in [5.41, 5.74) is 7.15. The Balaban J connectivity index is 1.49. The molecule has 0 saturated heterocycles. The Morgan fingerprint density at radius 2 is 2.18 bits per heavy atom. The quantitative estimate of drug-likeness (QED) is 0.692. The van der Waals surface area contributed by atoms with Crippen molar-refractivity contribution in [3.05, 3.63) is 75.8 Å². The molecule has 7 heteroatoms. The molecule has 1 aromatic heterocycles. The van der Waals surface area contributed by atoms with E-state index in [2.05, 4.69) is 32.7 Å². The van der Waals surface area contributed by atoms with Crippen LogP contribution >= 0.6 is 0 Å². The number of pyridine rings is 1. The Labute approximate surface area is 193 Å². The predicted molar refractivity (Wildman–Crippen MR) is 128 cm³/mol. The average molecular weight is 440 g/mol. The maximum absolute atomic E-state index is 11.7. The summed E-state index contributed by atoms with van der Waals surface area (Å²) in [4.78, 5) is 29.6. The molecule has 4 rings (SSSR count). The van der Waals surface area contributed by atoms with Gasteiger partial charge in [0.05, 0.1) is 11.6 Å². The zero-order chi connectivity index (χ0) is 23.4. The van der Waals surface area contributed by atoms with Gasteiger partial charge < -0.3 is 10.6 Å². The van der Waals surface area contributed by atoms with Crippen LogP contribution in [0.5, 0.6) is 0 Å². The van der Waals surface area contributed by atoms with E-state index in [0.717, 1.165) is 47.5 Å². The van der Waals surface area contributed by atoms with E-state index in [4.69, 9.17) is 0 Å². The Bertz CT molecular complexity index is 1240. The highest BCUT2D eigenvalue weighted by Gasteiger charge is 2.20. The predicted octanol–water partition coefficient (Wildman–Crippen LogP) is 3.54. The maximum Gasteiger partial charge on any atom is 0.269 e. The van der Waals surface area contributed by atoms with Gasteiger partial charge in [-0.1, -0.05) is 19.1 Å². The number of anilines is 1. The van der Waals surface area contributed by atoms with Gasteiger partial charge in [-0.3, -0.25) is 14.7 Å². The van der Waals surface area contributed by atoms with E-state index < -0.39 is 0 Å². The molecule has 2 N–H and O–H groups in total. The molecule has 2 aliphatic heterocycles. The Kier molecular flexibility index (Phi) is 6.50. The second kappa shape index (κ2) is 9.66. The summed E-state index contributed by atoms with van der Waals surface area (Å²) in [7, 11) is 1.59. The van der Waals surface area contributed by atoms with Crippen LogP contribution in [-0.4, -0.2) is 41.9 Å². The molecule has 0 unspecified atom stereocenters. The Morgan fingerprint density at radius 3 is 2.79 bits per heavy atom. The van der Waals surface area contributed by atoms with Gasteiger partial charge in [-0.15, -0.1) is 0 Å². The van der Waals surface area contributed by atoms with Crippen LogP contribution in [0.4, 0.5) is 5.69 Å². The summed E-state index contributed by atoms with van der Waals surface area (Å²) in [5.74, 6) is 1.78. The summed E-state index contributed by atoms with van der Waals surface area (Å²) in [6, 6.07) is 9.91. The number of aromatic nitrogens is 1. The summed E-state index contributed by atoms with van der Waals surface area (Å²) in [6.07, 6.45) is 7.40. The topological polar surface area (TPSA) is 98.1 Å². The summed E-state index contributed by atoms with van der Waals surface area (Å²) >= 11 is 0. The van der Waals surface area contributed by atoms with Crippen molar-refractivity contribution in [3.8, 4) is 6.07 Å². The minimum atomic E-state index is -0.196. The first-order valence-corrected chi connectivity index (χ1v) is 11.0. The first kappa shape index (κ1) is 22.2. The van der Waals surface area contributed by atoms with Crippen molar-refractivity contribution in [2.45, 2.75) is 26.3 Å². The van der Waals surface area contributed by atoms with Crippen molar-refractivity contribution < 1.29 is 9.59 Å². The molecular formula is C26H25N5O2. The minimum absolute atomic E-state index is 0.196. The molecule has 0 aliphatic carbocycles. The Hall–Kier alpha value is -3.98. The van der Waals surface area contributed by atoms with E-state index in [1.54, 1.807) is 19.3 Å². The average Bonchev–Trinajstić information content (AvgIpc) is 2.87. The van der Waals surface area contributed by atoms with Crippen molar-refractivity contribution in [1.29, 1.82) is 5.26 Å². The molecule has 0 saturated carbocycles. The monoisotopic (exact) mass is 439 g/mol. The molecule has 0 atom stereocenters. The normalized spacial score (nSPS) is 15.4. The third-order valence-corrected chi connectivity index (χ3v) is 6.04. The van der Waals surface area contributed by atoms with Crippen molar-refractivity contribution in [2.75, 3.05) is 25.5 Å². The number of nitrogens with one attached hydrogen (secondary N) is 2. The zero-order valence-electron chi connectivity index (χ0n) is 18.7. The number of amides is 1. The van der Waals surface area contributed by atoms with E-state index in [9.17, 15) is 14.9 Å². The van der Waals surface area contributed by atoms with Gasteiger partial charge in [-0.2, -0.15) is 5.26 Å². The van der Waals surface area contributed by atoms with Gasteiger partial charge in [0.15, 0.2) is 5.94 Å². The number of benzene rings is 1. The van der Waals surface area contributed by atoms with Crippen LogP contribution in [0.2, 0.25) is 0 Å². The van der Waals surface area contributed by atoms with E-state index >= 15 is 0 Å². The number of carbonyl (C=O) groups excluding carboxylic acids is 2. The lowest BCUT2D eigenvalue weighted by molar-refractivity contribution is 0.0958. The molecule has 2 aliphatic rings. The number of hydrogen-bond donors (Lipinski definition) is 2. The standard InChI is InChI=1S/C26H25N5O2/c1-3-18-12-22-21(13-27)10-17(11-24(22)30-25(18)16-32)15-31-8-6-19(7-9-31)20-4-5-23(29-14-20)26(33)28-2/h4-6,10-12,14,30H,3,7-9,15H2,1-2H3,(H,28,33). The molecule has 3 heterocycles. The maximum atomic E-state index is 11.7. The molecule has 33 heavy (non-hydrogen) atoms. The summed E-state index contributed by atoms with van der Waals surface area (Å²) < 4.78 is 0. The van der Waals surface area contributed by atoms with Gasteiger partial charge in [0.2, 0.25) is 0 Å². The SMILES string of the molecule is CCC1=Cc2c(C#N)cc(CN3CC=C(c4ccc(C(=O)NC)nc4)CC3)cc2NC1=C=O. The van der Waals surface area contributed by atoms with Gasteiger partial charge in [0.25, 0.3) is 5.91 Å². The number of nitrogens with zero attached hydrogens (tertiary/aromatic N) is 3. The fourth-order valence-corrected chi connectivity index (χ4v) is 4.21. The highest BCUT2D eigenvalue weighted by atomic mass is 16.1. The van der Waals surface area contributed by atoms with Crippen LogP contribution in [0.1, 0.15) is 52.5 Å². The van der Waals surface area contributed by atoms with Crippen LogP contribution in [0, 0.1) is 11.3 Å². The number of rotatable bonds is 5. The summed E-state index contributed by atoms with van der Waals surface area (Å²) in [6.45, 7) is 4.32. The smallest absolute Gasteiger partial charge is 0.269 e. The fraction of sp³-hybridized carbons (Fsp3) is 0.269. The largest absolute Gasteiger partial charge is 0.354 e. The number of carbonyl (C=O) groups is 1. The van der Waals surface area contributed by atoms with Crippen molar-refractivity contribution in [2.24, 2.45) is 0 Å². The first-order valence-electron chi connectivity index (χ1n) is 11.0. The molecule has 7 nitrogen and oxygen atoms in total. The van der Waals surface area contributed by atoms with Crippen molar-refractivity contribution in [3.63, 3.8) is 0 Å². The van der Waals surface area contributed by atoms with Crippen LogP contribution in [-0.2, 0) is 11.3 Å². The molecule has 1 aromatic carbocycles. The van der Waals surface area contributed by atoms with Crippen molar-refractivity contribution >= 4 is 29.2 Å². The minimum Gasteiger partial charge on any atom is -0.354 e. The second-order valence-corrected chi connectivity index (χ2v) is 8.07. The van der Waals surface area contributed by atoms with E-state index in [1.807, 2.05) is 37.1 Å². The molecule has 1 amide bonds. The van der Waals surface area contributed by atoms with Crippen LogP contribution < -0.4 is 10.6 Å². The van der Waals surface area contributed by atoms with Crippen LogP contribution in [0.15, 0.2) is 47.8 Å². The van der Waals surface area contributed by atoms with Gasteiger partial charge in [0, 0.05) is 44.1 Å². The highest BCUT2D eigenvalue weighted by Crippen LogP contribution is 2.33. The van der Waals surface area contributed by atoms with E-state index in [1.165, 1.54) is 5.57 Å². The zero-order valence-corrected chi connectivity index (χ0v) is 18.7. The van der Waals surface area contributed by atoms with E-state index in [0.29, 0.717) is 29.9 Å². The van der Waals surface area contributed by atoms with Gasteiger partial charge in [-0.05, 0) is 59.4 Å². The Morgan fingerprint density at radius 1 is 1.33 bits per heavy atom. The van der Waals surface area contributed by atoms with Gasteiger partial charge in [0.1, 0.15) is 11.4 Å². The highest BCUT2D eigenvalue weighted by molar-refractivity contribution is 5.92. The molecule has 0 radical (unpaired) electrons. The van der Waals surface area contributed by atoms with Gasteiger partial charge in [-0.25, -0.2) is 4.79 Å². The lowest BCUT2D eigenvalue weighted by atomic mass is 9.94. The number of fused-ring (bicyclic) bond motifs is 1. The molecular weight excluding hydrogens is 414 g/mol. The number of hydrogen-bond acceptors (Lipinski definition) is 6. The van der Waals surface area contributed by atoms with E-state index in [-0.39, 0.29) is 5.91 Å². The van der Waals surface area contributed by atoms with Crippen molar-refractivity contribution in [1.82, 2.24) is 15.2 Å². The lowest BCUT2D eigenvalue weighted by Gasteiger charge is -2.27. The third kappa shape index (κ3) is 4.63.